The van der Waals surface area contributed by atoms with Gasteiger partial charge >= 0.3 is 5.97 Å². The number of rotatable bonds is 4. The predicted molar refractivity (Wildman–Crippen MR) is 68.2 cm³/mol. The fourth-order valence-electron chi connectivity index (χ4n) is 1.56. The highest BCUT2D eigenvalue weighted by Crippen LogP contribution is 2.26. The van der Waals surface area contributed by atoms with Gasteiger partial charge in [-0.2, -0.15) is 0 Å². The van der Waals surface area contributed by atoms with E-state index in [1.165, 1.54) is 6.07 Å². The summed E-state index contributed by atoms with van der Waals surface area (Å²) in [6, 6.07) is 4.76. The fourth-order valence-corrected chi connectivity index (χ4v) is 1.98. The van der Waals surface area contributed by atoms with Crippen LogP contribution in [0.15, 0.2) is 22.7 Å². The summed E-state index contributed by atoms with van der Waals surface area (Å²) in [6.45, 7) is 5.79. The second-order valence-corrected chi connectivity index (χ2v) is 5.38. The largest absolute Gasteiger partial charge is 0.466 e. The molecule has 17 heavy (non-hydrogen) atoms. The molecule has 0 bridgehead atoms. The van der Waals surface area contributed by atoms with Gasteiger partial charge in [-0.3, -0.25) is 4.79 Å². The summed E-state index contributed by atoms with van der Waals surface area (Å²) in [5.41, 5.74) is 0.295. The number of esters is 1. The van der Waals surface area contributed by atoms with Gasteiger partial charge in [0.05, 0.1) is 16.5 Å². The smallest absolute Gasteiger partial charge is 0.311 e. The lowest BCUT2D eigenvalue weighted by atomic mass is 9.86. The van der Waals surface area contributed by atoms with Gasteiger partial charge in [0.1, 0.15) is 5.82 Å². The van der Waals surface area contributed by atoms with Gasteiger partial charge in [0, 0.05) is 0 Å². The van der Waals surface area contributed by atoms with Crippen LogP contribution in [0.25, 0.3) is 0 Å². The second kappa shape index (κ2) is 5.63. The molecule has 0 radical (unpaired) electrons. The summed E-state index contributed by atoms with van der Waals surface area (Å²) < 4.78 is 18.5. The Hall–Kier alpha value is -0.900. The van der Waals surface area contributed by atoms with Crippen LogP contribution in [-0.2, 0) is 16.0 Å². The monoisotopic (exact) mass is 302 g/mol. The maximum Gasteiger partial charge on any atom is 0.311 e. The van der Waals surface area contributed by atoms with E-state index in [0.717, 1.165) is 5.56 Å². The molecule has 0 saturated heterocycles. The van der Waals surface area contributed by atoms with E-state index in [-0.39, 0.29) is 11.8 Å². The van der Waals surface area contributed by atoms with Gasteiger partial charge in [0.15, 0.2) is 0 Å². The molecular weight excluding hydrogens is 287 g/mol. The van der Waals surface area contributed by atoms with E-state index in [1.807, 2.05) is 13.8 Å². The molecule has 1 aromatic carbocycles. The van der Waals surface area contributed by atoms with Crippen molar-refractivity contribution >= 4 is 21.9 Å². The van der Waals surface area contributed by atoms with E-state index in [0.29, 0.717) is 17.5 Å². The van der Waals surface area contributed by atoms with Gasteiger partial charge in [-0.05, 0) is 60.8 Å². The minimum atomic E-state index is -0.604. The first-order valence-electron chi connectivity index (χ1n) is 5.48. The quantitative estimate of drug-likeness (QED) is 0.792. The van der Waals surface area contributed by atoms with Crippen molar-refractivity contribution in [2.75, 3.05) is 6.61 Å². The second-order valence-electron chi connectivity index (χ2n) is 4.53. The average molecular weight is 303 g/mol. The molecule has 94 valence electrons. The van der Waals surface area contributed by atoms with Crippen LogP contribution in [0.2, 0.25) is 0 Å². The molecule has 0 aromatic heterocycles. The normalized spacial score (nSPS) is 11.4. The Kier molecular flexibility index (Phi) is 4.69. The van der Waals surface area contributed by atoms with Crippen molar-refractivity contribution in [1.82, 2.24) is 0 Å². The topological polar surface area (TPSA) is 26.3 Å². The van der Waals surface area contributed by atoms with Crippen LogP contribution in [0.3, 0.4) is 0 Å². The first-order valence-corrected chi connectivity index (χ1v) is 6.27. The van der Waals surface area contributed by atoms with E-state index in [4.69, 9.17) is 4.74 Å². The number of carbonyl (C=O) groups is 1. The number of hydrogen-bond acceptors (Lipinski definition) is 2. The van der Waals surface area contributed by atoms with Crippen LogP contribution in [-0.4, -0.2) is 12.6 Å². The zero-order valence-electron chi connectivity index (χ0n) is 10.2. The van der Waals surface area contributed by atoms with Gasteiger partial charge in [0.2, 0.25) is 0 Å². The van der Waals surface area contributed by atoms with Crippen molar-refractivity contribution in [3.05, 3.63) is 34.1 Å². The molecule has 0 saturated carbocycles. The molecule has 0 unspecified atom stereocenters. The summed E-state index contributed by atoms with van der Waals surface area (Å²) in [4.78, 5) is 11.7. The van der Waals surface area contributed by atoms with Crippen molar-refractivity contribution in [2.24, 2.45) is 5.41 Å². The Morgan fingerprint density at radius 3 is 2.65 bits per heavy atom. The zero-order valence-corrected chi connectivity index (χ0v) is 11.8. The van der Waals surface area contributed by atoms with Gasteiger partial charge in [-0.25, -0.2) is 4.39 Å². The van der Waals surface area contributed by atoms with Crippen LogP contribution in [0, 0.1) is 11.2 Å². The molecule has 1 rings (SSSR count). The Bertz CT molecular complexity index is 416. The lowest BCUT2D eigenvalue weighted by molar-refractivity contribution is -0.153. The van der Waals surface area contributed by atoms with Gasteiger partial charge in [-0.15, -0.1) is 0 Å². The third-order valence-electron chi connectivity index (χ3n) is 2.46. The minimum absolute atomic E-state index is 0.236. The van der Waals surface area contributed by atoms with Crippen molar-refractivity contribution in [2.45, 2.75) is 27.2 Å². The zero-order chi connectivity index (χ0) is 13.1. The number of carbonyl (C=O) groups excluding carboxylic acids is 1. The molecule has 0 atom stereocenters. The molecule has 0 N–H and O–H groups in total. The molecule has 1 aromatic rings. The Morgan fingerprint density at radius 2 is 2.12 bits per heavy atom. The molecular formula is C13H16BrFO2. The Balaban J connectivity index is 2.82. The van der Waals surface area contributed by atoms with Crippen molar-refractivity contribution in [3.8, 4) is 0 Å². The molecule has 0 spiro atoms. The molecule has 0 aliphatic carbocycles. The SMILES string of the molecule is CCOC(=O)C(C)(C)Cc1ccc(F)c(Br)c1. The van der Waals surface area contributed by atoms with Crippen LogP contribution >= 0.6 is 15.9 Å². The average Bonchev–Trinajstić information content (AvgIpc) is 2.23. The number of hydrogen-bond donors (Lipinski definition) is 0. The molecule has 0 aliphatic rings. The summed E-state index contributed by atoms with van der Waals surface area (Å²) in [5.74, 6) is -0.539. The lowest BCUT2D eigenvalue weighted by Crippen LogP contribution is -2.29. The maximum atomic E-state index is 13.1. The number of ether oxygens (including phenoxy) is 1. The third-order valence-corrected chi connectivity index (χ3v) is 3.07. The summed E-state index contributed by atoms with van der Waals surface area (Å²) in [6.07, 6.45) is 0.519. The molecule has 4 heteroatoms. The van der Waals surface area contributed by atoms with Crippen LogP contribution < -0.4 is 0 Å². The van der Waals surface area contributed by atoms with Gasteiger partial charge in [0.25, 0.3) is 0 Å². The maximum absolute atomic E-state index is 13.1. The first-order chi connectivity index (χ1) is 7.86. The highest BCUT2D eigenvalue weighted by Gasteiger charge is 2.29. The molecule has 0 fully saturated rings. The summed E-state index contributed by atoms with van der Waals surface area (Å²) >= 11 is 3.13. The van der Waals surface area contributed by atoms with Crippen LogP contribution in [0.4, 0.5) is 4.39 Å². The van der Waals surface area contributed by atoms with E-state index < -0.39 is 5.41 Å². The van der Waals surface area contributed by atoms with Crippen molar-refractivity contribution < 1.29 is 13.9 Å². The molecule has 0 heterocycles. The van der Waals surface area contributed by atoms with Crippen molar-refractivity contribution in [3.63, 3.8) is 0 Å². The Morgan fingerprint density at radius 1 is 1.47 bits per heavy atom. The van der Waals surface area contributed by atoms with E-state index in [2.05, 4.69) is 15.9 Å². The fraction of sp³-hybridized carbons (Fsp3) is 0.462. The van der Waals surface area contributed by atoms with Crippen LogP contribution in [0.5, 0.6) is 0 Å². The Labute approximate surface area is 109 Å². The van der Waals surface area contributed by atoms with Gasteiger partial charge < -0.3 is 4.74 Å². The molecule has 0 aliphatic heterocycles. The first kappa shape index (κ1) is 14.2. The number of halogens is 2. The number of benzene rings is 1. The van der Waals surface area contributed by atoms with Crippen LogP contribution in [0.1, 0.15) is 26.3 Å². The van der Waals surface area contributed by atoms with Gasteiger partial charge in [-0.1, -0.05) is 6.07 Å². The summed E-state index contributed by atoms with van der Waals surface area (Å²) in [5, 5.41) is 0. The van der Waals surface area contributed by atoms with E-state index in [9.17, 15) is 9.18 Å². The van der Waals surface area contributed by atoms with E-state index >= 15 is 0 Å². The third kappa shape index (κ3) is 3.80. The standard InChI is InChI=1S/C13H16BrFO2/c1-4-17-12(16)13(2,3)8-9-5-6-11(15)10(14)7-9/h5-7H,4,8H2,1-3H3. The van der Waals surface area contributed by atoms with E-state index in [1.54, 1.807) is 19.1 Å². The molecule has 0 amide bonds. The highest BCUT2D eigenvalue weighted by molar-refractivity contribution is 9.10. The summed E-state index contributed by atoms with van der Waals surface area (Å²) in [7, 11) is 0. The minimum Gasteiger partial charge on any atom is -0.466 e. The predicted octanol–water partition coefficient (Wildman–Crippen LogP) is 3.72. The lowest BCUT2D eigenvalue weighted by Gasteiger charge is -2.22. The molecule has 2 nitrogen and oxygen atoms in total. The van der Waals surface area contributed by atoms with Crippen molar-refractivity contribution in [1.29, 1.82) is 0 Å². The highest BCUT2D eigenvalue weighted by atomic mass is 79.9.